The molecule has 3 aromatic heterocycles. The van der Waals surface area contributed by atoms with E-state index in [9.17, 15) is 9.50 Å². The molecule has 0 spiro atoms. The van der Waals surface area contributed by atoms with Crippen LogP contribution in [0.1, 0.15) is 11.1 Å². The van der Waals surface area contributed by atoms with Gasteiger partial charge in [0.05, 0.1) is 18.1 Å². The standard InChI is InChI=1S/C22H21FN6O/c1-28(2)20-12-25-29-21(26-17-6-13-3-4-18(30)8-14(13)7-17)9-19(27-22(20)29)15-5-16(23)11-24-10-15/h3-5,8-12,17,26,30H,6-7H2,1-2H3. The molecule has 1 unspecified atom stereocenters. The van der Waals surface area contributed by atoms with E-state index in [1.165, 1.54) is 17.8 Å². The van der Waals surface area contributed by atoms with Gasteiger partial charge in [-0.25, -0.2) is 9.37 Å². The van der Waals surface area contributed by atoms with E-state index < -0.39 is 5.82 Å². The van der Waals surface area contributed by atoms with Crippen LogP contribution in [0.2, 0.25) is 0 Å². The van der Waals surface area contributed by atoms with Gasteiger partial charge in [0, 0.05) is 38.0 Å². The number of phenols is 1. The molecule has 3 heterocycles. The molecule has 0 saturated heterocycles. The Morgan fingerprint density at radius 3 is 2.73 bits per heavy atom. The van der Waals surface area contributed by atoms with Gasteiger partial charge in [0.15, 0.2) is 5.65 Å². The first kappa shape index (κ1) is 18.4. The van der Waals surface area contributed by atoms with Crippen LogP contribution in [-0.2, 0) is 12.8 Å². The Morgan fingerprint density at radius 1 is 1.10 bits per heavy atom. The molecule has 1 aromatic carbocycles. The molecule has 30 heavy (non-hydrogen) atoms. The lowest BCUT2D eigenvalue weighted by Gasteiger charge is -2.17. The first-order valence-electron chi connectivity index (χ1n) is 9.72. The zero-order chi connectivity index (χ0) is 20.8. The Balaban J connectivity index is 1.57. The average molecular weight is 404 g/mol. The first-order chi connectivity index (χ1) is 14.5. The minimum Gasteiger partial charge on any atom is -0.508 e. The average Bonchev–Trinajstić information content (AvgIpc) is 3.31. The smallest absolute Gasteiger partial charge is 0.181 e. The van der Waals surface area contributed by atoms with Crippen molar-refractivity contribution in [2.45, 2.75) is 18.9 Å². The maximum atomic E-state index is 13.8. The molecule has 2 N–H and O–H groups in total. The van der Waals surface area contributed by atoms with Crippen LogP contribution in [0.25, 0.3) is 16.9 Å². The summed E-state index contributed by atoms with van der Waals surface area (Å²) in [5.41, 5.74) is 5.13. The lowest BCUT2D eigenvalue weighted by Crippen LogP contribution is -2.21. The zero-order valence-corrected chi connectivity index (χ0v) is 16.7. The van der Waals surface area contributed by atoms with Gasteiger partial charge < -0.3 is 15.3 Å². The van der Waals surface area contributed by atoms with E-state index in [2.05, 4.69) is 15.4 Å². The Morgan fingerprint density at radius 2 is 1.93 bits per heavy atom. The van der Waals surface area contributed by atoms with E-state index in [4.69, 9.17) is 4.98 Å². The molecule has 0 bridgehead atoms. The van der Waals surface area contributed by atoms with E-state index in [1.54, 1.807) is 23.0 Å². The third kappa shape index (κ3) is 3.20. The topological polar surface area (TPSA) is 78.6 Å². The van der Waals surface area contributed by atoms with Crippen molar-refractivity contribution in [2.75, 3.05) is 24.3 Å². The van der Waals surface area contributed by atoms with Gasteiger partial charge in [-0.1, -0.05) is 6.07 Å². The fourth-order valence-corrected chi connectivity index (χ4v) is 3.99. The van der Waals surface area contributed by atoms with Crippen molar-refractivity contribution in [1.29, 1.82) is 0 Å². The molecule has 1 atom stereocenters. The molecule has 152 valence electrons. The van der Waals surface area contributed by atoms with E-state index in [0.29, 0.717) is 16.9 Å². The number of anilines is 2. The molecule has 0 aliphatic heterocycles. The van der Waals surface area contributed by atoms with Crippen molar-refractivity contribution >= 4 is 17.2 Å². The molecule has 8 heteroatoms. The minimum absolute atomic E-state index is 0.151. The summed E-state index contributed by atoms with van der Waals surface area (Å²) in [7, 11) is 3.87. The van der Waals surface area contributed by atoms with Gasteiger partial charge in [-0.05, 0) is 42.2 Å². The highest BCUT2D eigenvalue weighted by Gasteiger charge is 2.23. The predicted molar refractivity (Wildman–Crippen MR) is 113 cm³/mol. The van der Waals surface area contributed by atoms with Crippen molar-refractivity contribution in [3.05, 3.63) is 65.9 Å². The second-order valence-electron chi connectivity index (χ2n) is 7.78. The van der Waals surface area contributed by atoms with Crippen molar-refractivity contribution in [2.24, 2.45) is 0 Å². The summed E-state index contributed by atoms with van der Waals surface area (Å²) in [5.74, 6) is 0.648. The van der Waals surface area contributed by atoms with Crippen LogP contribution in [-0.4, -0.2) is 44.8 Å². The molecule has 5 rings (SSSR count). The van der Waals surface area contributed by atoms with E-state index >= 15 is 0 Å². The largest absolute Gasteiger partial charge is 0.508 e. The number of phenolic OH excluding ortho intramolecular Hbond substituents is 1. The summed E-state index contributed by atoms with van der Waals surface area (Å²) in [6, 6.07) is 8.96. The Hall–Kier alpha value is -3.68. The van der Waals surface area contributed by atoms with Gasteiger partial charge in [-0.2, -0.15) is 9.61 Å². The van der Waals surface area contributed by atoms with Crippen LogP contribution >= 0.6 is 0 Å². The van der Waals surface area contributed by atoms with E-state index in [-0.39, 0.29) is 11.8 Å². The Bertz CT molecular complexity index is 1250. The number of aromatic hydroxyl groups is 1. The number of rotatable bonds is 4. The van der Waals surface area contributed by atoms with E-state index in [0.717, 1.165) is 29.9 Å². The molecular formula is C22H21FN6O. The summed E-state index contributed by atoms with van der Waals surface area (Å²) in [6.07, 6.45) is 6.19. The molecule has 0 amide bonds. The monoisotopic (exact) mass is 404 g/mol. The van der Waals surface area contributed by atoms with Gasteiger partial charge in [-0.15, -0.1) is 0 Å². The molecule has 1 aliphatic rings. The predicted octanol–water partition coefficient (Wildman–Crippen LogP) is 3.28. The number of benzene rings is 1. The second kappa shape index (κ2) is 6.98. The van der Waals surface area contributed by atoms with Gasteiger partial charge in [0.2, 0.25) is 0 Å². The molecular weight excluding hydrogens is 383 g/mol. The lowest BCUT2D eigenvalue weighted by molar-refractivity contribution is 0.474. The molecule has 0 fully saturated rings. The van der Waals surface area contributed by atoms with Crippen LogP contribution in [0.5, 0.6) is 5.75 Å². The molecule has 7 nitrogen and oxygen atoms in total. The highest BCUT2D eigenvalue weighted by Crippen LogP contribution is 2.30. The number of hydrogen-bond donors (Lipinski definition) is 2. The lowest BCUT2D eigenvalue weighted by atomic mass is 10.1. The third-order valence-corrected chi connectivity index (χ3v) is 5.41. The maximum absolute atomic E-state index is 13.8. The number of aromatic nitrogens is 4. The number of nitrogens with one attached hydrogen (secondary N) is 1. The molecule has 0 radical (unpaired) electrons. The van der Waals surface area contributed by atoms with Crippen molar-refractivity contribution in [1.82, 2.24) is 19.6 Å². The summed E-state index contributed by atoms with van der Waals surface area (Å²) >= 11 is 0. The van der Waals surface area contributed by atoms with Crippen LogP contribution < -0.4 is 10.2 Å². The molecule has 1 aliphatic carbocycles. The summed E-state index contributed by atoms with van der Waals surface area (Å²) in [4.78, 5) is 10.6. The van der Waals surface area contributed by atoms with Crippen molar-refractivity contribution in [3.63, 3.8) is 0 Å². The van der Waals surface area contributed by atoms with Gasteiger partial charge in [0.1, 0.15) is 23.1 Å². The number of hydrogen-bond acceptors (Lipinski definition) is 6. The van der Waals surface area contributed by atoms with Gasteiger partial charge in [0.25, 0.3) is 0 Å². The van der Waals surface area contributed by atoms with Crippen LogP contribution in [0.3, 0.4) is 0 Å². The summed E-state index contributed by atoms with van der Waals surface area (Å²) in [6.45, 7) is 0. The number of fused-ring (bicyclic) bond motifs is 2. The fourth-order valence-electron chi connectivity index (χ4n) is 3.99. The highest BCUT2D eigenvalue weighted by molar-refractivity contribution is 5.74. The van der Waals surface area contributed by atoms with Gasteiger partial charge >= 0.3 is 0 Å². The first-order valence-corrected chi connectivity index (χ1v) is 9.72. The van der Waals surface area contributed by atoms with Crippen LogP contribution in [0.15, 0.2) is 48.9 Å². The van der Waals surface area contributed by atoms with E-state index in [1.807, 2.05) is 37.2 Å². The highest BCUT2D eigenvalue weighted by atomic mass is 19.1. The minimum atomic E-state index is -0.406. The van der Waals surface area contributed by atoms with Crippen molar-refractivity contribution in [3.8, 4) is 17.0 Å². The number of halogens is 1. The van der Waals surface area contributed by atoms with Crippen LogP contribution in [0.4, 0.5) is 15.9 Å². The summed E-state index contributed by atoms with van der Waals surface area (Å²) in [5, 5.41) is 17.9. The normalized spacial score (nSPS) is 15.4. The zero-order valence-electron chi connectivity index (χ0n) is 16.7. The Kier molecular flexibility index (Phi) is 4.27. The number of nitrogens with zero attached hydrogens (tertiary/aromatic N) is 5. The van der Waals surface area contributed by atoms with Crippen molar-refractivity contribution < 1.29 is 9.50 Å². The molecule has 0 saturated carbocycles. The maximum Gasteiger partial charge on any atom is 0.181 e. The summed E-state index contributed by atoms with van der Waals surface area (Å²) < 4.78 is 15.5. The van der Waals surface area contributed by atoms with Crippen LogP contribution in [0, 0.1) is 5.82 Å². The quantitative estimate of drug-likeness (QED) is 0.544. The second-order valence-corrected chi connectivity index (χ2v) is 7.78. The fraction of sp³-hybridized carbons (Fsp3) is 0.227. The SMILES string of the molecule is CN(C)c1cnn2c(NC3Cc4ccc(O)cc4C3)cc(-c3cncc(F)c3)nc12. The third-order valence-electron chi connectivity index (χ3n) is 5.41. The molecule has 4 aromatic rings. The number of pyridine rings is 1. The van der Waals surface area contributed by atoms with Gasteiger partial charge in [-0.3, -0.25) is 4.98 Å². The Labute approximate surface area is 172 Å².